The fourth-order valence-electron chi connectivity index (χ4n) is 6.10. The molecule has 6 rings (SSSR count). The minimum absolute atomic E-state index is 0.0392. The summed E-state index contributed by atoms with van der Waals surface area (Å²) in [5.41, 5.74) is -0.242. The van der Waals surface area contributed by atoms with Gasteiger partial charge in [-0.3, -0.25) is 38.7 Å². The molecule has 0 saturated carbocycles. The summed E-state index contributed by atoms with van der Waals surface area (Å²) >= 11 is 0. The zero-order chi connectivity index (χ0) is 41.6. The Balaban J connectivity index is 0.932. The van der Waals surface area contributed by atoms with Gasteiger partial charge < -0.3 is 20.1 Å². The summed E-state index contributed by atoms with van der Waals surface area (Å²) in [5.74, 6) is -2.03. The lowest BCUT2D eigenvalue weighted by molar-refractivity contribution is -0.138. The van der Waals surface area contributed by atoms with E-state index in [4.69, 9.17) is 9.47 Å². The van der Waals surface area contributed by atoms with Crippen LogP contribution in [-0.4, -0.2) is 89.4 Å². The van der Waals surface area contributed by atoms with E-state index >= 15 is 0 Å². The molecule has 1 atom stereocenters. The molecule has 21 heteroatoms. The Morgan fingerprint density at radius 3 is 2.22 bits per heavy atom. The van der Waals surface area contributed by atoms with E-state index in [0.29, 0.717) is 36.6 Å². The van der Waals surface area contributed by atoms with Crippen molar-refractivity contribution >= 4 is 56.9 Å². The van der Waals surface area contributed by atoms with E-state index in [1.165, 1.54) is 31.6 Å². The van der Waals surface area contributed by atoms with Crippen molar-refractivity contribution in [1.29, 1.82) is 0 Å². The van der Waals surface area contributed by atoms with Gasteiger partial charge in [0.2, 0.25) is 27.8 Å². The number of aromatic nitrogens is 4. The molecule has 0 aliphatic carbocycles. The zero-order valence-corrected chi connectivity index (χ0v) is 32.0. The number of benzene rings is 2. The highest BCUT2D eigenvalue weighted by Gasteiger charge is 2.44. The van der Waals surface area contributed by atoms with Gasteiger partial charge in [0.05, 0.1) is 37.1 Å². The van der Waals surface area contributed by atoms with Crippen molar-refractivity contribution in [1.82, 2.24) is 30.2 Å². The second-order valence-electron chi connectivity index (χ2n) is 13.3. The molecule has 306 valence electrons. The quantitative estimate of drug-likeness (QED) is 0.0991. The first-order valence-corrected chi connectivity index (χ1v) is 19.8. The molecule has 0 radical (unpaired) electrons. The second kappa shape index (κ2) is 17.4. The Kier molecular flexibility index (Phi) is 12.4. The van der Waals surface area contributed by atoms with Crippen LogP contribution in [0.5, 0.6) is 11.5 Å². The Hall–Kier alpha value is -6.38. The average Bonchev–Trinajstić information content (AvgIpc) is 3.42. The first-order valence-electron chi connectivity index (χ1n) is 18.0. The van der Waals surface area contributed by atoms with E-state index in [1.54, 1.807) is 30.3 Å². The van der Waals surface area contributed by atoms with E-state index in [2.05, 4.69) is 35.9 Å². The van der Waals surface area contributed by atoms with Crippen LogP contribution in [0.25, 0.3) is 0 Å². The van der Waals surface area contributed by atoms with Crippen LogP contribution >= 0.6 is 0 Å². The van der Waals surface area contributed by atoms with Crippen molar-refractivity contribution in [2.45, 2.75) is 57.3 Å². The number of ether oxygens (including phenoxy) is 2. The molecule has 4 heterocycles. The molecule has 2 aliphatic rings. The summed E-state index contributed by atoms with van der Waals surface area (Å²) in [6, 6.07) is 10.2. The molecule has 3 N–H and O–H groups in total. The van der Waals surface area contributed by atoms with Crippen molar-refractivity contribution < 1.29 is 50.2 Å². The van der Waals surface area contributed by atoms with Gasteiger partial charge in [-0.25, -0.2) is 18.4 Å². The number of amides is 4. The highest BCUT2D eigenvalue weighted by Crippen LogP contribution is 2.35. The third-order valence-electron chi connectivity index (χ3n) is 9.16. The fraction of sp³-hybridized carbons (Fsp3) is 0.351. The van der Waals surface area contributed by atoms with Gasteiger partial charge in [0.15, 0.2) is 5.82 Å². The van der Waals surface area contributed by atoms with Gasteiger partial charge in [-0.2, -0.15) is 18.2 Å². The maximum Gasteiger partial charge on any atom is 0.421 e. The topological polar surface area (TPSA) is 215 Å². The summed E-state index contributed by atoms with van der Waals surface area (Å²) in [7, 11) is -2.46. The monoisotopic (exact) mass is 825 g/mol. The molecule has 2 aliphatic heterocycles. The molecular formula is C37H38F3N9O8S. The summed E-state index contributed by atoms with van der Waals surface area (Å²) in [5, 5.41) is 7.63. The molecule has 4 aromatic rings. The summed E-state index contributed by atoms with van der Waals surface area (Å²) in [6.07, 6.45) is 2.63. The van der Waals surface area contributed by atoms with Crippen LogP contribution in [0.3, 0.4) is 0 Å². The molecule has 58 heavy (non-hydrogen) atoms. The minimum Gasteiger partial charge on any atom is -0.494 e. The lowest BCUT2D eigenvalue weighted by atomic mass is 10.0. The number of piperidine rings is 1. The van der Waals surface area contributed by atoms with Crippen LogP contribution in [-0.2, 0) is 32.3 Å². The summed E-state index contributed by atoms with van der Waals surface area (Å²) in [6.45, 7) is 0.489. The molecule has 1 fully saturated rings. The number of nitrogens with zero attached hydrogens (tertiary/aromatic N) is 6. The molecule has 4 amide bonds. The van der Waals surface area contributed by atoms with Gasteiger partial charge in [0.25, 0.3) is 11.8 Å². The maximum atomic E-state index is 13.8. The lowest BCUT2D eigenvalue weighted by Crippen LogP contribution is -2.54. The molecule has 0 bridgehead atoms. The second-order valence-corrected chi connectivity index (χ2v) is 15.3. The van der Waals surface area contributed by atoms with E-state index in [-0.39, 0.29) is 48.0 Å². The van der Waals surface area contributed by atoms with Crippen LogP contribution in [0, 0.1) is 0 Å². The Bertz CT molecular complexity index is 2310. The number of sulfonamides is 1. The van der Waals surface area contributed by atoms with Crippen molar-refractivity contribution in [3.63, 3.8) is 0 Å². The first-order chi connectivity index (χ1) is 27.6. The molecule has 1 saturated heterocycles. The summed E-state index contributed by atoms with van der Waals surface area (Å²) < 4.78 is 78.1. The third kappa shape index (κ3) is 9.76. The maximum absolute atomic E-state index is 13.8. The SMILES string of the molecule is CN(c1nccnc1CNc1nc(Nc2ccc(OCCCCCCOc3ccc4c(c3)C(=O)N(C3CCC(=O)NC3=O)C4=O)cc2)ncc1C(F)(F)F)S(C)(=O)=O. The smallest absolute Gasteiger partial charge is 0.421 e. The third-order valence-corrected chi connectivity index (χ3v) is 10.3. The predicted molar refractivity (Wildman–Crippen MR) is 202 cm³/mol. The van der Waals surface area contributed by atoms with Crippen molar-refractivity contribution in [2.75, 3.05) is 41.5 Å². The van der Waals surface area contributed by atoms with Crippen LogP contribution in [0.2, 0.25) is 0 Å². The molecule has 0 spiro atoms. The number of anilines is 4. The number of hydrogen-bond donors (Lipinski definition) is 3. The van der Waals surface area contributed by atoms with Gasteiger partial charge in [-0.15, -0.1) is 0 Å². The van der Waals surface area contributed by atoms with Gasteiger partial charge in [-0.05, 0) is 74.6 Å². The van der Waals surface area contributed by atoms with Gasteiger partial charge in [-0.1, -0.05) is 0 Å². The Labute approximate surface area is 330 Å². The number of nitrogens with one attached hydrogen (secondary N) is 3. The Morgan fingerprint density at radius 1 is 0.897 bits per heavy atom. The molecule has 2 aromatic carbocycles. The van der Waals surface area contributed by atoms with E-state index in [1.807, 2.05) is 0 Å². The highest BCUT2D eigenvalue weighted by molar-refractivity contribution is 7.92. The number of carbonyl (C=O) groups excluding carboxylic acids is 4. The van der Waals surface area contributed by atoms with Crippen molar-refractivity contribution in [3.8, 4) is 11.5 Å². The van der Waals surface area contributed by atoms with E-state index < -0.39 is 57.3 Å². The van der Waals surface area contributed by atoms with Crippen LogP contribution < -0.4 is 29.7 Å². The molecular weight excluding hydrogens is 788 g/mol. The van der Waals surface area contributed by atoms with E-state index in [0.717, 1.165) is 41.1 Å². The van der Waals surface area contributed by atoms with Crippen LogP contribution in [0.4, 0.5) is 36.4 Å². The molecule has 1 unspecified atom stereocenters. The number of rotatable bonds is 17. The number of halogens is 3. The number of hydrogen-bond acceptors (Lipinski definition) is 14. The number of imide groups is 2. The zero-order valence-electron chi connectivity index (χ0n) is 31.2. The van der Waals surface area contributed by atoms with E-state index in [9.17, 15) is 40.8 Å². The predicted octanol–water partition coefficient (Wildman–Crippen LogP) is 4.46. The largest absolute Gasteiger partial charge is 0.494 e. The minimum atomic E-state index is -4.79. The number of alkyl halides is 3. The van der Waals surface area contributed by atoms with Crippen molar-refractivity contribution in [3.05, 3.63) is 83.4 Å². The average molecular weight is 826 g/mol. The number of unbranched alkanes of at least 4 members (excludes halogenated alkanes) is 3. The molecule has 2 aromatic heterocycles. The summed E-state index contributed by atoms with van der Waals surface area (Å²) in [4.78, 5) is 66.5. The first kappa shape index (κ1) is 41.3. The van der Waals surface area contributed by atoms with Gasteiger partial charge in [0.1, 0.15) is 34.6 Å². The van der Waals surface area contributed by atoms with Crippen LogP contribution in [0.1, 0.15) is 70.5 Å². The highest BCUT2D eigenvalue weighted by atomic mass is 32.2. The van der Waals surface area contributed by atoms with Gasteiger partial charge in [0, 0.05) is 37.7 Å². The lowest BCUT2D eigenvalue weighted by Gasteiger charge is -2.27. The van der Waals surface area contributed by atoms with Crippen molar-refractivity contribution in [2.24, 2.45) is 0 Å². The normalized spacial score (nSPS) is 15.5. The Morgan fingerprint density at radius 2 is 1.55 bits per heavy atom. The number of carbonyl (C=O) groups is 4. The van der Waals surface area contributed by atoms with Crippen LogP contribution in [0.15, 0.2) is 61.1 Å². The standard InChI is InChI=1S/C37H38F3N9O8S/c1-48(58(2,54)55)32-28(41-15-16-42-32)21-43-31-27(37(38,39)40)20-44-36(47-31)45-22-7-9-23(10-8-22)56-17-5-3-4-6-18-57-24-11-12-25-26(19-24)35(53)49(34(25)52)29-13-14-30(50)46-33(29)51/h7-12,15-16,19-20,29H,3-6,13-14,17-18,21H2,1-2H3,(H,46,50,51)(H2,43,44,45,47). The van der Waals surface area contributed by atoms with Gasteiger partial charge >= 0.3 is 6.18 Å². The molecule has 17 nitrogen and oxygen atoms in total. The fourth-order valence-corrected chi connectivity index (χ4v) is 6.56. The number of fused-ring (bicyclic) bond motifs is 1.